The number of fused-ring (bicyclic) bond motifs is 1. The van der Waals surface area contributed by atoms with Crippen molar-refractivity contribution in [2.75, 3.05) is 16.2 Å². The maximum Gasteiger partial charge on any atom is 0.262 e. The first-order valence-electron chi connectivity index (χ1n) is 9.04. The maximum atomic E-state index is 13.1. The predicted octanol–water partition coefficient (Wildman–Crippen LogP) is 4.00. The molecular formula is C22H20N2O3S. The SMILES string of the molecule is Cc1ccc(C(=O)N2CCc3ccccc32)cc1S(=O)(=O)Nc1ccccc1. The second-order valence-electron chi connectivity index (χ2n) is 6.79. The molecule has 0 saturated carbocycles. The first-order chi connectivity index (χ1) is 13.5. The lowest BCUT2D eigenvalue weighted by Gasteiger charge is -2.18. The third-order valence-corrected chi connectivity index (χ3v) is 6.41. The van der Waals surface area contributed by atoms with Gasteiger partial charge in [-0.15, -0.1) is 0 Å². The maximum absolute atomic E-state index is 13.1. The van der Waals surface area contributed by atoms with E-state index in [1.165, 1.54) is 6.07 Å². The number of benzene rings is 3. The number of nitrogens with zero attached hydrogens (tertiary/aromatic N) is 1. The normalized spacial score (nSPS) is 13.2. The Labute approximate surface area is 164 Å². The van der Waals surface area contributed by atoms with Gasteiger partial charge in [-0.05, 0) is 54.8 Å². The summed E-state index contributed by atoms with van der Waals surface area (Å²) in [6.07, 6.45) is 0.800. The fourth-order valence-corrected chi connectivity index (χ4v) is 4.77. The molecule has 0 radical (unpaired) electrons. The summed E-state index contributed by atoms with van der Waals surface area (Å²) < 4.78 is 28.3. The summed E-state index contributed by atoms with van der Waals surface area (Å²) in [6, 6.07) is 21.3. The summed E-state index contributed by atoms with van der Waals surface area (Å²) in [5.74, 6) is -0.193. The van der Waals surface area contributed by atoms with Crippen molar-refractivity contribution in [1.82, 2.24) is 0 Å². The van der Waals surface area contributed by atoms with Crippen molar-refractivity contribution < 1.29 is 13.2 Å². The van der Waals surface area contributed by atoms with Gasteiger partial charge in [0.25, 0.3) is 15.9 Å². The van der Waals surface area contributed by atoms with Gasteiger partial charge in [0, 0.05) is 23.5 Å². The lowest BCUT2D eigenvalue weighted by atomic mass is 10.1. The van der Waals surface area contributed by atoms with Crippen molar-refractivity contribution in [2.45, 2.75) is 18.2 Å². The van der Waals surface area contributed by atoms with Crippen molar-refractivity contribution in [2.24, 2.45) is 0 Å². The van der Waals surface area contributed by atoms with Gasteiger partial charge >= 0.3 is 0 Å². The fourth-order valence-electron chi connectivity index (χ4n) is 3.44. The van der Waals surface area contributed by atoms with Crippen LogP contribution in [0.3, 0.4) is 0 Å². The van der Waals surface area contributed by atoms with Crippen LogP contribution in [0.25, 0.3) is 0 Å². The number of sulfonamides is 1. The van der Waals surface area contributed by atoms with E-state index in [1.54, 1.807) is 48.2 Å². The van der Waals surface area contributed by atoms with E-state index in [0.717, 1.165) is 17.7 Å². The van der Waals surface area contributed by atoms with Gasteiger partial charge in [0.05, 0.1) is 4.90 Å². The molecule has 0 aromatic heterocycles. The van der Waals surface area contributed by atoms with Crippen LogP contribution < -0.4 is 9.62 Å². The van der Waals surface area contributed by atoms with Crippen molar-refractivity contribution in [3.05, 3.63) is 89.5 Å². The van der Waals surface area contributed by atoms with Crippen LogP contribution in [-0.2, 0) is 16.4 Å². The molecule has 0 saturated heterocycles. The van der Waals surface area contributed by atoms with Gasteiger partial charge in [0.2, 0.25) is 0 Å². The molecule has 1 aliphatic heterocycles. The van der Waals surface area contributed by atoms with Gasteiger partial charge in [0.15, 0.2) is 0 Å². The highest BCUT2D eigenvalue weighted by molar-refractivity contribution is 7.92. The third kappa shape index (κ3) is 3.39. The molecule has 5 nitrogen and oxygen atoms in total. The minimum Gasteiger partial charge on any atom is -0.308 e. The summed E-state index contributed by atoms with van der Waals surface area (Å²) in [5, 5.41) is 0. The topological polar surface area (TPSA) is 66.5 Å². The van der Waals surface area contributed by atoms with E-state index in [-0.39, 0.29) is 10.8 Å². The molecule has 6 heteroatoms. The summed E-state index contributed by atoms with van der Waals surface area (Å²) in [4.78, 5) is 14.9. The second kappa shape index (κ2) is 7.13. The summed E-state index contributed by atoms with van der Waals surface area (Å²) in [7, 11) is -3.80. The number of carbonyl (C=O) groups excluding carboxylic acids is 1. The third-order valence-electron chi connectivity index (χ3n) is 4.88. The number of nitrogens with one attached hydrogen (secondary N) is 1. The Morgan fingerprint density at radius 2 is 1.68 bits per heavy atom. The van der Waals surface area contributed by atoms with Crippen LogP contribution in [-0.4, -0.2) is 20.9 Å². The molecule has 3 aromatic rings. The lowest BCUT2D eigenvalue weighted by molar-refractivity contribution is 0.0989. The molecule has 3 aromatic carbocycles. The van der Waals surface area contributed by atoms with Crippen molar-refractivity contribution in [3.8, 4) is 0 Å². The Hall–Kier alpha value is -3.12. The standard InChI is InChI=1S/C22H20N2O3S/c1-16-11-12-18(22(25)24-14-13-17-7-5-6-10-20(17)24)15-21(16)28(26,27)23-19-8-3-2-4-9-19/h2-12,15,23H,13-14H2,1H3. The quantitative estimate of drug-likeness (QED) is 0.730. The number of hydrogen-bond donors (Lipinski definition) is 1. The predicted molar refractivity (Wildman–Crippen MR) is 110 cm³/mol. The monoisotopic (exact) mass is 392 g/mol. The molecule has 142 valence electrons. The van der Waals surface area contributed by atoms with E-state index in [4.69, 9.17) is 0 Å². The second-order valence-corrected chi connectivity index (χ2v) is 8.44. The summed E-state index contributed by atoms with van der Waals surface area (Å²) >= 11 is 0. The number of para-hydroxylation sites is 2. The Morgan fingerprint density at radius 3 is 2.46 bits per heavy atom. The summed E-state index contributed by atoms with van der Waals surface area (Å²) in [5.41, 5.74) is 3.44. The number of hydrogen-bond acceptors (Lipinski definition) is 3. The molecule has 0 aliphatic carbocycles. The van der Waals surface area contributed by atoms with Gasteiger partial charge in [-0.25, -0.2) is 8.42 Å². The fraction of sp³-hybridized carbons (Fsp3) is 0.136. The minimum absolute atomic E-state index is 0.106. The molecule has 1 aliphatic rings. The van der Waals surface area contributed by atoms with Crippen molar-refractivity contribution >= 4 is 27.3 Å². The van der Waals surface area contributed by atoms with Crippen LogP contribution in [0.15, 0.2) is 77.7 Å². The molecule has 0 atom stereocenters. The van der Waals surface area contributed by atoms with Crippen LogP contribution in [0.2, 0.25) is 0 Å². The molecule has 0 unspecified atom stereocenters. The Balaban J connectivity index is 1.67. The zero-order valence-electron chi connectivity index (χ0n) is 15.4. The van der Waals surface area contributed by atoms with Crippen molar-refractivity contribution in [1.29, 1.82) is 0 Å². The smallest absolute Gasteiger partial charge is 0.262 e. The van der Waals surface area contributed by atoms with E-state index in [1.807, 2.05) is 30.3 Å². The molecule has 0 spiro atoms. The largest absolute Gasteiger partial charge is 0.308 e. The molecule has 1 heterocycles. The highest BCUT2D eigenvalue weighted by Gasteiger charge is 2.27. The van der Waals surface area contributed by atoms with Gasteiger partial charge in [0.1, 0.15) is 0 Å². The molecule has 1 amide bonds. The molecule has 0 fully saturated rings. The number of amides is 1. The van der Waals surface area contributed by atoms with Crippen molar-refractivity contribution in [3.63, 3.8) is 0 Å². The summed E-state index contributed by atoms with van der Waals surface area (Å²) in [6.45, 7) is 2.31. The van der Waals surface area contributed by atoms with Crippen LogP contribution >= 0.6 is 0 Å². The molecular weight excluding hydrogens is 372 g/mol. The van der Waals surface area contributed by atoms with Crippen LogP contribution in [0.4, 0.5) is 11.4 Å². The van der Waals surface area contributed by atoms with E-state index in [2.05, 4.69) is 4.72 Å². The zero-order valence-corrected chi connectivity index (χ0v) is 16.2. The molecule has 4 rings (SSSR count). The number of carbonyl (C=O) groups is 1. The number of anilines is 2. The van der Waals surface area contributed by atoms with E-state index in [9.17, 15) is 13.2 Å². The van der Waals surface area contributed by atoms with Gasteiger partial charge in [-0.2, -0.15) is 0 Å². The van der Waals surface area contributed by atoms with Crippen LogP contribution in [0.1, 0.15) is 21.5 Å². The van der Waals surface area contributed by atoms with Gasteiger partial charge < -0.3 is 4.90 Å². The lowest BCUT2D eigenvalue weighted by Crippen LogP contribution is -2.29. The highest BCUT2D eigenvalue weighted by atomic mass is 32.2. The molecule has 0 bridgehead atoms. The Bertz CT molecular complexity index is 1140. The van der Waals surface area contributed by atoms with Crippen LogP contribution in [0, 0.1) is 6.92 Å². The first-order valence-corrected chi connectivity index (χ1v) is 10.5. The van der Waals surface area contributed by atoms with Crippen LogP contribution in [0.5, 0.6) is 0 Å². The number of rotatable bonds is 4. The Morgan fingerprint density at radius 1 is 0.964 bits per heavy atom. The zero-order chi connectivity index (χ0) is 19.7. The van der Waals surface area contributed by atoms with E-state index >= 15 is 0 Å². The van der Waals surface area contributed by atoms with E-state index < -0.39 is 10.0 Å². The van der Waals surface area contributed by atoms with Gasteiger partial charge in [-0.1, -0.05) is 42.5 Å². The van der Waals surface area contributed by atoms with Gasteiger partial charge in [-0.3, -0.25) is 9.52 Å². The molecule has 1 N–H and O–H groups in total. The van der Waals surface area contributed by atoms with E-state index in [0.29, 0.717) is 23.4 Å². The first kappa shape index (κ1) is 18.3. The number of aryl methyl sites for hydroxylation is 1. The minimum atomic E-state index is -3.80. The average molecular weight is 392 g/mol. The Kier molecular flexibility index (Phi) is 4.65. The molecule has 28 heavy (non-hydrogen) atoms. The average Bonchev–Trinajstić information content (AvgIpc) is 3.12. The highest BCUT2D eigenvalue weighted by Crippen LogP contribution is 2.30.